The van der Waals surface area contributed by atoms with Gasteiger partial charge in [-0.05, 0) is 18.4 Å². The van der Waals surface area contributed by atoms with E-state index in [4.69, 9.17) is 5.73 Å². The van der Waals surface area contributed by atoms with Gasteiger partial charge in [0.05, 0.1) is 12.1 Å². The molecule has 1 rings (SSSR count). The Kier molecular flexibility index (Phi) is 5.92. The van der Waals surface area contributed by atoms with E-state index in [0.29, 0.717) is 12.3 Å². The van der Waals surface area contributed by atoms with Crippen molar-refractivity contribution in [1.29, 1.82) is 0 Å². The van der Waals surface area contributed by atoms with E-state index in [9.17, 15) is 14.3 Å². The highest BCUT2D eigenvalue weighted by atomic mass is 19.1. The van der Waals surface area contributed by atoms with Gasteiger partial charge in [-0.3, -0.25) is 4.79 Å². The molecule has 0 radical (unpaired) electrons. The first-order valence-electron chi connectivity index (χ1n) is 6.37. The van der Waals surface area contributed by atoms with Gasteiger partial charge in [-0.25, -0.2) is 4.39 Å². The number of hydrogen-bond acceptors (Lipinski definition) is 3. The van der Waals surface area contributed by atoms with Crippen LogP contribution in [0.5, 0.6) is 0 Å². The van der Waals surface area contributed by atoms with Gasteiger partial charge in [0.1, 0.15) is 5.82 Å². The van der Waals surface area contributed by atoms with Crippen LogP contribution in [0.1, 0.15) is 31.9 Å². The number of halogens is 1. The summed E-state index contributed by atoms with van der Waals surface area (Å²) >= 11 is 0. The molecule has 5 heteroatoms. The Morgan fingerprint density at radius 3 is 2.63 bits per heavy atom. The number of nitrogens with one attached hydrogen (secondary N) is 1. The highest BCUT2D eigenvalue weighted by molar-refractivity contribution is 5.81. The molecule has 0 saturated heterocycles. The molecule has 1 aromatic carbocycles. The zero-order valence-electron chi connectivity index (χ0n) is 11.3. The molecule has 0 saturated carbocycles. The van der Waals surface area contributed by atoms with Gasteiger partial charge >= 0.3 is 0 Å². The van der Waals surface area contributed by atoms with Gasteiger partial charge in [0.25, 0.3) is 0 Å². The van der Waals surface area contributed by atoms with Gasteiger partial charge in [-0.15, -0.1) is 0 Å². The number of rotatable bonds is 6. The number of benzene rings is 1. The third-order valence-electron chi connectivity index (χ3n) is 2.80. The smallest absolute Gasteiger partial charge is 0.237 e. The van der Waals surface area contributed by atoms with Crippen molar-refractivity contribution in [2.45, 2.75) is 32.4 Å². The van der Waals surface area contributed by atoms with Crippen molar-refractivity contribution in [2.24, 2.45) is 11.7 Å². The topological polar surface area (TPSA) is 75.4 Å². The van der Waals surface area contributed by atoms with E-state index in [-0.39, 0.29) is 18.0 Å². The van der Waals surface area contributed by atoms with Crippen LogP contribution in [0.25, 0.3) is 0 Å². The Balaban J connectivity index is 2.48. The molecule has 0 aromatic heterocycles. The van der Waals surface area contributed by atoms with Crippen LogP contribution in [0.15, 0.2) is 24.3 Å². The number of nitrogens with two attached hydrogens (primary N) is 1. The fraction of sp³-hybridized carbons (Fsp3) is 0.500. The van der Waals surface area contributed by atoms with Crippen molar-refractivity contribution in [3.63, 3.8) is 0 Å². The van der Waals surface area contributed by atoms with E-state index in [2.05, 4.69) is 5.32 Å². The van der Waals surface area contributed by atoms with Crippen LogP contribution in [0.3, 0.4) is 0 Å². The number of hydrogen-bond donors (Lipinski definition) is 3. The van der Waals surface area contributed by atoms with Crippen LogP contribution in [-0.2, 0) is 4.79 Å². The molecule has 0 heterocycles. The lowest BCUT2D eigenvalue weighted by Crippen LogP contribution is -2.42. The number of carbonyl (C=O) groups is 1. The Hall–Kier alpha value is -1.46. The molecular formula is C14H21FN2O2. The van der Waals surface area contributed by atoms with Gasteiger partial charge in [-0.2, -0.15) is 0 Å². The Labute approximate surface area is 112 Å². The van der Waals surface area contributed by atoms with E-state index in [1.807, 2.05) is 13.8 Å². The van der Waals surface area contributed by atoms with E-state index in [1.165, 1.54) is 12.1 Å². The molecule has 4 nitrogen and oxygen atoms in total. The Bertz CT molecular complexity index is 424. The maximum atomic E-state index is 13.4. The van der Waals surface area contributed by atoms with Crippen LogP contribution < -0.4 is 11.1 Å². The summed E-state index contributed by atoms with van der Waals surface area (Å²) in [5.74, 6) is -0.503. The Morgan fingerprint density at radius 1 is 1.42 bits per heavy atom. The van der Waals surface area contributed by atoms with Crippen molar-refractivity contribution < 1.29 is 14.3 Å². The molecule has 0 bridgehead atoms. The minimum absolute atomic E-state index is 0.0500. The zero-order chi connectivity index (χ0) is 14.4. The second-order valence-electron chi connectivity index (χ2n) is 5.02. The van der Waals surface area contributed by atoms with Crippen molar-refractivity contribution in [3.05, 3.63) is 35.6 Å². The third-order valence-corrected chi connectivity index (χ3v) is 2.80. The first kappa shape index (κ1) is 15.6. The summed E-state index contributed by atoms with van der Waals surface area (Å²) in [6.45, 7) is 3.90. The summed E-state index contributed by atoms with van der Waals surface area (Å²) in [6, 6.07) is 5.33. The van der Waals surface area contributed by atoms with Crippen molar-refractivity contribution in [1.82, 2.24) is 5.32 Å². The first-order chi connectivity index (χ1) is 8.91. The molecule has 19 heavy (non-hydrogen) atoms. The molecular weight excluding hydrogens is 247 g/mol. The van der Waals surface area contributed by atoms with Gasteiger partial charge < -0.3 is 16.2 Å². The maximum absolute atomic E-state index is 13.4. The highest BCUT2D eigenvalue weighted by Crippen LogP contribution is 2.15. The molecule has 1 amide bonds. The monoisotopic (exact) mass is 268 g/mol. The van der Waals surface area contributed by atoms with Gasteiger partial charge in [0.15, 0.2) is 0 Å². The van der Waals surface area contributed by atoms with Gasteiger partial charge in [0.2, 0.25) is 5.91 Å². The summed E-state index contributed by atoms with van der Waals surface area (Å²) in [5.41, 5.74) is 5.87. The number of aliphatic hydroxyl groups is 1. The van der Waals surface area contributed by atoms with Crippen LogP contribution in [0.2, 0.25) is 0 Å². The Morgan fingerprint density at radius 2 is 2.05 bits per heavy atom. The molecule has 4 N–H and O–H groups in total. The summed E-state index contributed by atoms with van der Waals surface area (Å²) in [4.78, 5) is 11.7. The van der Waals surface area contributed by atoms with Crippen molar-refractivity contribution in [2.75, 3.05) is 6.54 Å². The van der Waals surface area contributed by atoms with Crippen LogP contribution in [0.4, 0.5) is 4.39 Å². The van der Waals surface area contributed by atoms with Gasteiger partial charge in [0, 0.05) is 12.1 Å². The predicted octanol–water partition coefficient (Wildman–Crippen LogP) is 1.35. The van der Waals surface area contributed by atoms with Crippen LogP contribution in [-0.4, -0.2) is 23.6 Å². The lowest BCUT2D eigenvalue weighted by Gasteiger charge is -2.17. The molecule has 0 aliphatic rings. The fourth-order valence-corrected chi connectivity index (χ4v) is 1.80. The summed E-state index contributed by atoms with van der Waals surface area (Å²) in [7, 11) is 0. The molecule has 2 atom stereocenters. The predicted molar refractivity (Wildman–Crippen MR) is 71.8 cm³/mol. The normalized spacial score (nSPS) is 14.2. The second-order valence-corrected chi connectivity index (χ2v) is 5.02. The second kappa shape index (κ2) is 7.21. The largest absolute Gasteiger partial charge is 0.386 e. The molecule has 0 aliphatic heterocycles. The molecule has 0 fully saturated rings. The van der Waals surface area contributed by atoms with E-state index < -0.39 is 18.0 Å². The average molecular weight is 268 g/mol. The molecule has 0 aliphatic carbocycles. The van der Waals surface area contributed by atoms with Crippen molar-refractivity contribution in [3.8, 4) is 0 Å². The fourth-order valence-electron chi connectivity index (χ4n) is 1.80. The lowest BCUT2D eigenvalue weighted by molar-refractivity contribution is -0.123. The maximum Gasteiger partial charge on any atom is 0.237 e. The highest BCUT2D eigenvalue weighted by Gasteiger charge is 2.17. The third kappa shape index (κ3) is 4.96. The minimum Gasteiger partial charge on any atom is -0.386 e. The molecule has 0 spiro atoms. The van der Waals surface area contributed by atoms with E-state index in [1.54, 1.807) is 12.1 Å². The molecule has 106 valence electrons. The molecule has 1 unspecified atom stereocenters. The summed E-state index contributed by atoms with van der Waals surface area (Å²) < 4.78 is 13.4. The quantitative estimate of drug-likeness (QED) is 0.729. The van der Waals surface area contributed by atoms with Crippen LogP contribution in [0, 0.1) is 11.7 Å². The zero-order valence-corrected chi connectivity index (χ0v) is 11.3. The number of aliphatic hydroxyl groups excluding tert-OH is 1. The van der Waals surface area contributed by atoms with Gasteiger partial charge in [-0.1, -0.05) is 32.0 Å². The lowest BCUT2D eigenvalue weighted by atomic mass is 10.0. The van der Waals surface area contributed by atoms with Crippen molar-refractivity contribution >= 4 is 5.91 Å². The van der Waals surface area contributed by atoms with E-state index >= 15 is 0 Å². The average Bonchev–Trinajstić information content (AvgIpc) is 2.35. The number of carbonyl (C=O) groups excluding carboxylic acids is 1. The standard InChI is InChI=1S/C14H21FN2O2/c1-9(2)7-12(16)14(19)17-8-13(18)10-5-3-4-6-11(10)15/h3-6,9,12-13,18H,7-8,16H2,1-2H3,(H,17,19)/t12-,13?/m0/s1. The first-order valence-corrected chi connectivity index (χ1v) is 6.37. The molecule has 1 aromatic rings. The summed E-state index contributed by atoms with van der Waals surface area (Å²) in [6.07, 6.45) is -0.502. The minimum atomic E-state index is -1.07. The SMILES string of the molecule is CC(C)C[C@H](N)C(=O)NCC(O)c1ccccc1F. The van der Waals surface area contributed by atoms with Crippen LogP contribution >= 0.6 is 0 Å². The summed E-state index contributed by atoms with van der Waals surface area (Å²) in [5, 5.41) is 12.4. The number of amides is 1. The van der Waals surface area contributed by atoms with E-state index in [0.717, 1.165) is 0 Å².